The molecule has 0 fully saturated rings. The van der Waals surface area contributed by atoms with Crippen molar-refractivity contribution in [2.75, 3.05) is 5.75 Å². The summed E-state index contributed by atoms with van der Waals surface area (Å²) in [5.74, 6) is 0.645. The average Bonchev–Trinajstić information content (AvgIpc) is 3.10. The third-order valence-electron chi connectivity index (χ3n) is 4.50. The Kier molecular flexibility index (Phi) is 6.46. The van der Waals surface area contributed by atoms with Gasteiger partial charge in [0.25, 0.3) is 0 Å². The second-order valence-corrected chi connectivity index (χ2v) is 7.44. The number of nitrogens with one attached hydrogen (secondary N) is 1. The van der Waals surface area contributed by atoms with Gasteiger partial charge in [0, 0.05) is 12.1 Å². The van der Waals surface area contributed by atoms with Crippen molar-refractivity contribution in [2.45, 2.75) is 38.5 Å². The minimum atomic E-state index is -0.291. The monoisotopic (exact) mass is 398 g/mol. The molecule has 3 rings (SSSR count). The molecule has 1 heterocycles. The van der Waals surface area contributed by atoms with Crippen LogP contribution in [0.4, 0.5) is 4.39 Å². The van der Waals surface area contributed by atoms with Crippen molar-refractivity contribution in [3.8, 4) is 11.4 Å². The number of aryl methyl sites for hydroxylation is 1. The number of carbonyl (C=O) groups is 1. The van der Waals surface area contributed by atoms with Crippen LogP contribution in [0.2, 0.25) is 0 Å². The van der Waals surface area contributed by atoms with Gasteiger partial charge in [0.15, 0.2) is 11.0 Å². The van der Waals surface area contributed by atoms with E-state index in [1.54, 1.807) is 12.1 Å². The van der Waals surface area contributed by atoms with E-state index in [9.17, 15) is 9.18 Å². The predicted molar refractivity (Wildman–Crippen MR) is 110 cm³/mol. The van der Waals surface area contributed by atoms with Crippen molar-refractivity contribution in [3.63, 3.8) is 0 Å². The number of hydrogen-bond acceptors (Lipinski definition) is 4. The molecule has 0 aliphatic heterocycles. The minimum Gasteiger partial charge on any atom is -0.349 e. The Bertz CT molecular complexity index is 955. The van der Waals surface area contributed by atoms with Crippen LogP contribution in [0.3, 0.4) is 0 Å². The molecule has 2 aromatic carbocycles. The van der Waals surface area contributed by atoms with E-state index in [2.05, 4.69) is 15.5 Å². The first kappa shape index (κ1) is 20.1. The molecule has 1 atom stereocenters. The lowest BCUT2D eigenvalue weighted by molar-refractivity contribution is -0.119. The van der Waals surface area contributed by atoms with Crippen LogP contribution in [0.15, 0.2) is 53.7 Å². The second-order valence-electron chi connectivity index (χ2n) is 6.49. The maximum Gasteiger partial charge on any atom is 0.230 e. The van der Waals surface area contributed by atoms with Crippen LogP contribution in [0, 0.1) is 12.7 Å². The summed E-state index contributed by atoms with van der Waals surface area (Å²) in [5.41, 5.74) is 3.03. The Labute approximate surface area is 168 Å². The summed E-state index contributed by atoms with van der Waals surface area (Å²) in [6, 6.07) is 14.0. The first-order chi connectivity index (χ1) is 13.5. The Hall–Kier alpha value is -2.67. The van der Waals surface area contributed by atoms with Gasteiger partial charge in [-0.2, -0.15) is 0 Å². The van der Waals surface area contributed by atoms with Crippen molar-refractivity contribution in [1.82, 2.24) is 20.1 Å². The number of benzene rings is 2. The van der Waals surface area contributed by atoms with E-state index >= 15 is 0 Å². The van der Waals surface area contributed by atoms with Crippen molar-refractivity contribution >= 4 is 17.7 Å². The van der Waals surface area contributed by atoms with Crippen molar-refractivity contribution in [1.29, 1.82) is 0 Å². The zero-order valence-electron chi connectivity index (χ0n) is 16.1. The Balaban J connectivity index is 1.65. The van der Waals surface area contributed by atoms with Crippen LogP contribution in [0.25, 0.3) is 11.4 Å². The fourth-order valence-corrected chi connectivity index (χ4v) is 3.77. The molecule has 1 aromatic heterocycles. The highest BCUT2D eigenvalue weighted by Gasteiger charge is 2.16. The van der Waals surface area contributed by atoms with Gasteiger partial charge in [-0.3, -0.25) is 4.79 Å². The Morgan fingerprint density at radius 3 is 2.57 bits per heavy atom. The number of halogens is 1. The highest BCUT2D eigenvalue weighted by Crippen LogP contribution is 2.26. The summed E-state index contributed by atoms with van der Waals surface area (Å²) in [6.45, 7) is 6.67. The fourth-order valence-electron chi connectivity index (χ4n) is 2.95. The molecule has 0 saturated carbocycles. The molecule has 5 nitrogen and oxygen atoms in total. The number of rotatable bonds is 7. The molecule has 0 aliphatic carbocycles. The highest BCUT2D eigenvalue weighted by atomic mass is 32.2. The van der Waals surface area contributed by atoms with Gasteiger partial charge in [-0.25, -0.2) is 4.39 Å². The summed E-state index contributed by atoms with van der Waals surface area (Å²) < 4.78 is 15.1. The van der Waals surface area contributed by atoms with E-state index < -0.39 is 0 Å². The quantitative estimate of drug-likeness (QED) is 0.600. The molecule has 1 unspecified atom stereocenters. The predicted octanol–water partition coefficient (Wildman–Crippen LogP) is 4.38. The molecule has 28 heavy (non-hydrogen) atoms. The van der Waals surface area contributed by atoms with E-state index in [0.717, 1.165) is 22.5 Å². The van der Waals surface area contributed by atoms with Crippen LogP contribution in [0.5, 0.6) is 0 Å². The van der Waals surface area contributed by atoms with Gasteiger partial charge >= 0.3 is 0 Å². The fraction of sp³-hybridized carbons (Fsp3) is 0.286. The van der Waals surface area contributed by atoms with Gasteiger partial charge in [0.1, 0.15) is 5.82 Å². The summed E-state index contributed by atoms with van der Waals surface area (Å²) in [5, 5.41) is 12.3. The SMILES string of the molecule is CCn1c(SCC(=O)NC(C)c2ccc(F)cc2)nnc1-c1ccccc1C. The standard InChI is InChI=1S/C21H23FN4OS/c1-4-26-20(18-8-6-5-7-14(18)2)24-25-21(26)28-13-19(27)23-15(3)16-9-11-17(22)12-10-16/h5-12,15H,4,13H2,1-3H3,(H,23,27). The second kappa shape index (κ2) is 9.01. The zero-order valence-corrected chi connectivity index (χ0v) is 17.0. The number of nitrogens with zero attached hydrogens (tertiary/aromatic N) is 3. The van der Waals surface area contributed by atoms with Crippen molar-refractivity contribution < 1.29 is 9.18 Å². The molecule has 0 bridgehead atoms. The summed E-state index contributed by atoms with van der Waals surface area (Å²) in [7, 11) is 0. The molecular weight excluding hydrogens is 375 g/mol. The lowest BCUT2D eigenvalue weighted by atomic mass is 10.1. The third kappa shape index (κ3) is 4.59. The van der Waals surface area contributed by atoms with E-state index in [1.165, 1.54) is 23.9 Å². The minimum absolute atomic E-state index is 0.107. The van der Waals surface area contributed by atoms with Crippen LogP contribution in [0.1, 0.15) is 31.0 Å². The van der Waals surface area contributed by atoms with E-state index in [1.807, 2.05) is 49.6 Å². The Morgan fingerprint density at radius 2 is 1.89 bits per heavy atom. The topological polar surface area (TPSA) is 59.8 Å². The molecule has 3 aromatic rings. The molecule has 0 spiro atoms. The molecule has 0 saturated heterocycles. The molecule has 1 amide bonds. The van der Waals surface area contributed by atoms with E-state index in [-0.39, 0.29) is 23.5 Å². The highest BCUT2D eigenvalue weighted by molar-refractivity contribution is 7.99. The van der Waals surface area contributed by atoms with Crippen LogP contribution >= 0.6 is 11.8 Å². The van der Waals surface area contributed by atoms with Gasteiger partial charge in [-0.15, -0.1) is 10.2 Å². The number of thioether (sulfide) groups is 1. The first-order valence-electron chi connectivity index (χ1n) is 9.16. The molecule has 1 N–H and O–H groups in total. The molecular formula is C21H23FN4OS. The van der Waals surface area contributed by atoms with Gasteiger partial charge in [0.2, 0.25) is 5.91 Å². The number of hydrogen-bond donors (Lipinski definition) is 1. The van der Waals surface area contributed by atoms with Crippen LogP contribution < -0.4 is 5.32 Å². The summed E-state index contributed by atoms with van der Waals surface area (Å²) >= 11 is 1.36. The maximum absolute atomic E-state index is 13.0. The lowest BCUT2D eigenvalue weighted by Gasteiger charge is -2.14. The maximum atomic E-state index is 13.0. The summed E-state index contributed by atoms with van der Waals surface area (Å²) in [4.78, 5) is 12.3. The third-order valence-corrected chi connectivity index (χ3v) is 5.47. The molecule has 146 valence electrons. The van der Waals surface area contributed by atoms with E-state index in [4.69, 9.17) is 0 Å². The average molecular weight is 399 g/mol. The van der Waals surface area contributed by atoms with Crippen LogP contribution in [-0.2, 0) is 11.3 Å². The van der Waals surface area contributed by atoms with Crippen LogP contribution in [-0.4, -0.2) is 26.4 Å². The van der Waals surface area contributed by atoms with Crippen molar-refractivity contribution in [2.24, 2.45) is 0 Å². The first-order valence-corrected chi connectivity index (χ1v) is 10.1. The lowest BCUT2D eigenvalue weighted by Crippen LogP contribution is -2.28. The number of amides is 1. The van der Waals surface area contributed by atoms with Gasteiger partial charge in [0.05, 0.1) is 11.8 Å². The largest absolute Gasteiger partial charge is 0.349 e. The van der Waals surface area contributed by atoms with Gasteiger partial charge in [-0.05, 0) is 44.0 Å². The Morgan fingerprint density at radius 1 is 1.18 bits per heavy atom. The zero-order chi connectivity index (χ0) is 20.1. The number of carbonyl (C=O) groups excluding carboxylic acids is 1. The normalized spacial score (nSPS) is 12.0. The van der Waals surface area contributed by atoms with Crippen molar-refractivity contribution in [3.05, 3.63) is 65.5 Å². The van der Waals surface area contributed by atoms with Gasteiger partial charge < -0.3 is 9.88 Å². The summed E-state index contributed by atoms with van der Waals surface area (Å²) in [6.07, 6.45) is 0. The molecule has 0 aliphatic rings. The molecule has 0 radical (unpaired) electrons. The number of aromatic nitrogens is 3. The smallest absolute Gasteiger partial charge is 0.230 e. The van der Waals surface area contributed by atoms with E-state index in [0.29, 0.717) is 11.7 Å². The van der Waals surface area contributed by atoms with Gasteiger partial charge in [-0.1, -0.05) is 48.2 Å². The molecule has 7 heteroatoms.